The van der Waals surface area contributed by atoms with Gasteiger partial charge in [-0.2, -0.15) is 0 Å². The summed E-state index contributed by atoms with van der Waals surface area (Å²) in [5, 5.41) is 3.95. The number of ether oxygens (including phenoxy) is 3. The van der Waals surface area contributed by atoms with Gasteiger partial charge in [0.2, 0.25) is 0 Å². The number of benzene rings is 2. The van der Waals surface area contributed by atoms with Gasteiger partial charge in [0, 0.05) is 6.42 Å². The van der Waals surface area contributed by atoms with Crippen LogP contribution in [0.3, 0.4) is 0 Å². The molecule has 0 saturated carbocycles. The molecule has 0 amide bonds. The molecule has 2 aromatic carbocycles. The Morgan fingerprint density at radius 1 is 0.968 bits per heavy atom. The third kappa shape index (κ3) is 7.67. The van der Waals surface area contributed by atoms with Gasteiger partial charge in [0.05, 0.1) is 17.9 Å². The third-order valence-electron chi connectivity index (χ3n) is 4.84. The van der Waals surface area contributed by atoms with E-state index in [4.69, 9.17) is 19.0 Å². The Morgan fingerprint density at radius 3 is 2.16 bits per heavy atom. The van der Waals surface area contributed by atoms with Crippen molar-refractivity contribution in [3.8, 4) is 17.2 Å². The molecule has 0 aromatic heterocycles. The average molecular weight is 426 g/mol. The highest BCUT2D eigenvalue weighted by molar-refractivity contribution is 5.98. The molecule has 0 aliphatic heterocycles. The molecular formula is C26H35NO4. The Balaban J connectivity index is 1.93. The number of aryl methyl sites for hydroxylation is 2. The summed E-state index contributed by atoms with van der Waals surface area (Å²) in [6.45, 7) is 12.7. The van der Waals surface area contributed by atoms with Crippen LogP contribution in [-0.4, -0.2) is 31.6 Å². The molecule has 5 heteroatoms. The fraction of sp³-hybridized carbons (Fsp3) is 0.423. The van der Waals surface area contributed by atoms with E-state index in [1.807, 2.05) is 76.2 Å². The largest absolute Gasteiger partial charge is 0.491 e. The van der Waals surface area contributed by atoms with Crippen molar-refractivity contribution in [2.45, 2.75) is 60.2 Å². The van der Waals surface area contributed by atoms with Crippen molar-refractivity contribution in [1.29, 1.82) is 0 Å². The standard InChI is InChI=1S/C26H35NO4/c1-8-9-14-29-25-15-18(2)26(19(3)16-25)31-21(5)17-20(4)30-24-12-10-23(11-13-24)22(6)27-28-7/h8-13,15-16,20-21H,14,17H2,1-7H3/b9-8+,27-22?. The molecular weight excluding hydrogens is 390 g/mol. The van der Waals surface area contributed by atoms with Gasteiger partial charge in [-0.15, -0.1) is 0 Å². The SMILES string of the molecule is C/C=C/COc1cc(C)c(OC(C)CC(C)Oc2ccc(C(C)=NOC)cc2)c(C)c1. The van der Waals surface area contributed by atoms with Crippen molar-refractivity contribution in [2.75, 3.05) is 13.7 Å². The Hall–Kier alpha value is -2.95. The van der Waals surface area contributed by atoms with E-state index < -0.39 is 0 Å². The lowest BCUT2D eigenvalue weighted by Crippen LogP contribution is -2.23. The van der Waals surface area contributed by atoms with Crippen LogP contribution in [0.2, 0.25) is 0 Å². The molecule has 0 N–H and O–H groups in total. The van der Waals surface area contributed by atoms with Gasteiger partial charge in [-0.05, 0) is 94.6 Å². The third-order valence-corrected chi connectivity index (χ3v) is 4.84. The maximum atomic E-state index is 6.26. The van der Waals surface area contributed by atoms with Crippen LogP contribution < -0.4 is 14.2 Å². The van der Waals surface area contributed by atoms with Gasteiger partial charge in [0.15, 0.2) is 0 Å². The van der Waals surface area contributed by atoms with Crippen LogP contribution in [0.25, 0.3) is 0 Å². The second-order valence-electron chi connectivity index (χ2n) is 7.74. The topological polar surface area (TPSA) is 49.3 Å². The summed E-state index contributed by atoms with van der Waals surface area (Å²) in [6.07, 6.45) is 4.76. The molecule has 0 aliphatic carbocycles. The lowest BCUT2D eigenvalue weighted by Gasteiger charge is -2.22. The number of nitrogens with zero attached hydrogens (tertiary/aromatic N) is 1. The minimum absolute atomic E-state index is 0.0116. The van der Waals surface area contributed by atoms with Crippen molar-refractivity contribution in [3.05, 3.63) is 65.2 Å². The van der Waals surface area contributed by atoms with E-state index in [0.717, 1.165) is 46.1 Å². The van der Waals surface area contributed by atoms with Crippen LogP contribution in [-0.2, 0) is 4.84 Å². The molecule has 0 fully saturated rings. The highest BCUT2D eigenvalue weighted by atomic mass is 16.6. The Kier molecular flexibility index (Phi) is 9.44. The molecule has 31 heavy (non-hydrogen) atoms. The summed E-state index contributed by atoms with van der Waals surface area (Å²) in [7, 11) is 1.54. The van der Waals surface area contributed by atoms with Crippen LogP contribution >= 0.6 is 0 Å². The van der Waals surface area contributed by atoms with E-state index in [9.17, 15) is 0 Å². The van der Waals surface area contributed by atoms with Crippen LogP contribution in [0.15, 0.2) is 53.7 Å². The van der Waals surface area contributed by atoms with E-state index in [1.165, 1.54) is 0 Å². The lowest BCUT2D eigenvalue weighted by molar-refractivity contribution is 0.129. The summed E-state index contributed by atoms with van der Waals surface area (Å²) < 4.78 is 18.1. The molecule has 0 aliphatic rings. The van der Waals surface area contributed by atoms with Crippen LogP contribution in [0.1, 0.15) is 50.8 Å². The number of oxime groups is 1. The molecule has 5 nitrogen and oxygen atoms in total. The van der Waals surface area contributed by atoms with Crippen LogP contribution in [0.4, 0.5) is 0 Å². The number of allylic oxidation sites excluding steroid dienone is 1. The van der Waals surface area contributed by atoms with Crippen LogP contribution in [0.5, 0.6) is 17.2 Å². The Labute approximate surface area is 186 Å². The molecule has 2 unspecified atom stereocenters. The molecule has 0 bridgehead atoms. The Bertz CT molecular complexity index is 864. The van der Waals surface area contributed by atoms with Gasteiger partial charge >= 0.3 is 0 Å². The van der Waals surface area contributed by atoms with E-state index in [2.05, 4.69) is 19.0 Å². The van der Waals surface area contributed by atoms with E-state index >= 15 is 0 Å². The predicted molar refractivity (Wildman–Crippen MR) is 127 cm³/mol. The van der Waals surface area contributed by atoms with E-state index in [1.54, 1.807) is 7.11 Å². The number of hydrogen-bond acceptors (Lipinski definition) is 5. The van der Waals surface area contributed by atoms with Gasteiger partial charge in [0.1, 0.15) is 31.0 Å². The summed E-state index contributed by atoms with van der Waals surface area (Å²) in [4.78, 5) is 4.82. The van der Waals surface area contributed by atoms with E-state index in [0.29, 0.717) is 6.61 Å². The second kappa shape index (κ2) is 12.0. The second-order valence-corrected chi connectivity index (χ2v) is 7.74. The van der Waals surface area contributed by atoms with Crippen LogP contribution in [0, 0.1) is 13.8 Å². The summed E-state index contributed by atoms with van der Waals surface area (Å²) in [5.74, 6) is 2.60. The highest BCUT2D eigenvalue weighted by Gasteiger charge is 2.15. The van der Waals surface area contributed by atoms with Gasteiger partial charge in [0.25, 0.3) is 0 Å². The first kappa shape index (κ1) is 24.3. The quantitative estimate of drug-likeness (QED) is 0.242. The van der Waals surface area contributed by atoms with Gasteiger partial charge in [-0.25, -0.2) is 0 Å². The first-order valence-electron chi connectivity index (χ1n) is 10.7. The average Bonchev–Trinajstić information content (AvgIpc) is 2.71. The Morgan fingerprint density at radius 2 is 1.58 bits per heavy atom. The first-order valence-corrected chi connectivity index (χ1v) is 10.7. The predicted octanol–water partition coefficient (Wildman–Crippen LogP) is 6.25. The molecule has 0 spiro atoms. The molecule has 2 atom stereocenters. The van der Waals surface area contributed by atoms with E-state index in [-0.39, 0.29) is 12.2 Å². The minimum atomic E-state index is 0.0116. The zero-order chi connectivity index (χ0) is 22.8. The monoisotopic (exact) mass is 425 g/mol. The van der Waals surface area contributed by atoms with Crippen molar-refractivity contribution < 1.29 is 19.0 Å². The van der Waals surface area contributed by atoms with Crippen molar-refractivity contribution in [1.82, 2.24) is 0 Å². The number of rotatable bonds is 11. The summed E-state index contributed by atoms with van der Waals surface area (Å²) >= 11 is 0. The summed E-state index contributed by atoms with van der Waals surface area (Å²) in [5.41, 5.74) is 3.97. The van der Waals surface area contributed by atoms with Gasteiger partial charge in [-0.1, -0.05) is 17.3 Å². The molecule has 168 valence electrons. The first-order chi connectivity index (χ1) is 14.8. The zero-order valence-electron chi connectivity index (χ0n) is 19.8. The highest BCUT2D eigenvalue weighted by Crippen LogP contribution is 2.30. The zero-order valence-corrected chi connectivity index (χ0v) is 19.8. The normalized spacial score (nSPS) is 13.7. The molecule has 2 aromatic rings. The number of hydrogen-bond donors (Lipinski definition) is 0. The smallest absolute Gasteiger partial charge is 0.125 e. The maximum absolute atomic E-state index is 6.26. The molecule has 0 radical (unpaired) electrons. The fourth-order valence-corrected chi connectivity index (χ4v) is 3.38. The summed E-state index contributed by atoms with van der Waals surface area (Å²) in [6, 6.07) is 11.9. The molecule has 0 heterocycles. The molecule has 2 rings (SSSR count). The lowest BCUT2D eigenvalue weighted by atomic mass is 10.1. The van der Waals surface area contributed by atoms with Gasteiger partial charge in [-0.3, -0.25) is 0 Å². The maximum Gasteiger partial charge on any atom is 0.125 e. The minimum Gasteiger partial charge on any atom is -0.491 e. The molecule has 0 saturated heterocycles. The van der Waals surface area contributed by atoms with Crippen molar-refractivity contribution >= 4 is 5.71 Å². The van der Waals surface area contributed by atoms with Gasteiger partial charge < -0.3 is 19.0 Å². The fourth-order valence-electron chi connectivity index (χ4n) is 3.38. The van der Waals surface area contributed by atoms with Crippen molar-refractivity contribution in [2.24, 2.45) is 5.16 Å². The van der Waals surface area contributed by atoms with Crippen molar-refractivity contribution in [3.63, 3.8) is 0 Å².